The first-order valence-corrected chi connectivity index (χ1v) is 5.43. The van der Waals surface area contributed by atoms with E-state index in [0.29, 0.717) is 26.3 Å². The average molecular weight is 239 g/mol. The number of benzene rings is 1. The van der Waals surface area contributed by atoms with E-state index in [1.165, 1.54) is 19.2 Å². The zero-order valence-electron chi connectivity index (χ0n) is 9.61. The molecule has 0 unspecified atom stereocenters. The SMILES string of the molecule is COc1cccc(F)c1C(=O)N1CCOCC1. The molecule has 1 aromatic carbocycles. The van der Waals surface area contributed by atoms with Gasteiger partial charge in [-0.15, -0.1) is 0 Å². The lowest BCUT2D eigenvalue weighted by molar-refractivity contribution is 0.0297. The Labute approximate surface area is 98.9 Å². The van der Waals surface area contributed by atoms with Gasteiger partial charge in [-0.3, -0.25) is 4.79 Å². The van der Waals surface area contributed by atoms with Crippen molar-refractivity contribution >= 4 is 5.91 Å². The van der Waals surface area contributed by atoms with Crippen LogP contribution in [-0.4, -0.2) is 44.2 Å². The van der Waals surface area contributed by atoms with E-state index in [2.05, 4.69) is 0 Å². The second-order valence-corrected chi connectivity index (χ2v) is 3.72. The fraction of sp³-hybridized carbons (Fsp3) is 0.417. The van der Waals surface area contributed by atoms with E-state index < -0.39 is 5.82 Å². The molecule has 0 N–H and O–H groups in total. The molecule has 17 heavy (non-hydrogen) atoms. The molecule has 1 aromatic rings. The Kier molecular flexibility index (Phi) is 3.58. The summed E-state index contributed by atoms with van der Waals surface area (Å²) in [7, 11) is 1.42. The van der Waals surface area contributed by atoms with E-state index in [9.17, 15) is 9.18 Å². The van der Waals surface area contributed by atoms with Crippen molar-refractivity contribution in [3.05, 3.63) is 29.6 Å². The zero-order chi connectivity index (χ0) is 12.3. The minimum atomic E-state index is -0.555. The predicted octanol–water partition coefficient (Wildman–Crippen LogP) is 1.31. The van der Waals surface area contributed by atoms with E-state index in [0.717, 1.165) is 0 Å². The highest BCUT2D eigenvalue weighted by Gasteiger charge is 2.24. The van der Waals surface area contributed by atoms with E-state index in [1.807, 2.05) is 0 Å². The van der Waals surface area contributed by atoms with Gasteiger partial charge < -0.3 is 14.4 Å². The molecule has 1 aliphatic rings. The molecule has 0 aromatic heterocycles. The number of rotatable bonds is 2. The minimum Gasteiger partial charge on any atom is -0.496 e. The molecule has 1 amide bonds. The van der Waals surface area contributed by atoms with Gasteiger partial charge in [-0.2, -0.15) is 0 Å². The zero-order valence-corrected chi connectivity index (χ0v) is 9.61. The van der Waals surface area contributed by atoms with Crippen LogP contribution in [0.4, 0.5) is 4.39 Å². The largest absolute Gasteiger partial charge is 0.496 e. The van der Waals surface area contributed by atoms with Crippen molar-refractivity contribution in [2.45, 2.75) is 0 Å². The molecule has 1 heterocycles. The standard InChI is InChI=1S/C12H14FNO3/c1-16-10-4-2-3-9(13)11(10)12(15)14-5-7-17-8-6-14/h2-4H,5-8H2,1H3. The van der Waals surface area contributed by atoms with Crippen LogP contribution < -0.4 is 4.74 Å². The maximum absolute atomic E-state index is 13.7. The third kappa shape index (κ3) is 2.39. The molecule has 1 fully saturated rings. The lowest BCUT2D eigenvalue weighted by Gasteiger charge is -2.27. The molecule has 92 valence electrons. The van der Waals surface area contributed by atoms with Crippen LogP contribution in [0.5, 0.6) is 5.75 Å². The second kappa shape index (κ2) is 5.14. The molecule has 5 heteroatoms. The first-order valence-electron chi connectivity index (χ1n) is 5.43. The summed E-state index contributed by atoms with van der Waals surface area (Å²) in [5.41, 5.74) is -0.00287. The third-order valence-electron chi connectivity index (χ3n) is 2.71. The van der Waals surface area contributed by atoms with Gasteiger partial charge in [0.1, 0.15) is 17.1 Å². The number of hydrogen-bond donors (Lipinski definition) is 0. The summed E-state index contributed by atoms with van der Waals surface area (Å²) in [6.45, 7) is 1.94. The van der Waals surface area contributed by atoms with Crippen molar-refractivity contribution in [2.24, 2.45) is 0 Å². The van der Waals surface area contributed by atoms with Crippen molar-refractivity contribution in [3.8, 4) is 5.75 Å². The molecule has 0 bridgehead atoms. The van der Waals surface area contributed by atoms with Crippen molar-refractivity contribution in [1.82, 2.24) is 4.90 Å². The molecule has 1 aliphatic heterocycles. The fourth-order valence-corrected chi connectivity index (χ4v) is 1.81. The maximum atomic E-state index is 13.7. The molecule has 0 aliphatic carbocycles. The van der Waals surface area contributed by atoms with Crippen LogP contribution in [-0.2, 0) is 4.74 Å². The second-order valence-electron chi connectivity index (χ2n) is 3.72. The number of amides is 1. The van der Waals surface area contributed by atoms with Gasteiger partial charge in [0, 0.05) is 13.1 Å². The summed E-state index contributed by atoms with van der Waals surface area (Å²) in [5, 5.41) is 0. The normalized spacial score (nSPS) is 15.8. The molecular weight excluding hydrogens is 225 g/mol. The van der Waals surface area contributed by atoms with Gasteiger partial charge in [0.05, 0.1) is 20.3 Å². The van der Waals surface area contributed by atoms with Gasteiger partial charge in [0.15, 0.2) is 0 Å². The van der Waals surface area contributed by atoms with Gasteiger partial charge >= 0.3 is 0 Å². The highest BCUT2D eigenvalue weighted by Crippen LogP contribution is 2.23. The minimum absolute atomic E-state index is 0.00287. The van der Waals surface area contributed by atoms with E-state index in [1.54, 1.807) is 11.0 Å². The fourth-order valence-electron chi connectivity index (χ4n) is 1.81. The van der Waals surface area contributed by atoms with Gasteiger partial charge in [0.25, 0.3) is 5.91 Å². The van der Waals surface area contributed by atoms with Gasteiger partial charge in [-0.1, -0.05) is 6.07 Å². The summed E-state index contributed by atoms with van der Waals surface area (Å²) in [5.74, 6) is -0.634. The van der Waals surface area contributed by atoms with E-state index in [4.69, 9.17) is 9.47 Å². The lowest BCUT2D eigenvalue weighted by Crippen LogP contribution is -2.41. The molecule has 0 radical (unpaired) electrons. The number of nitrogens with zero attached hydrogens (tertiary/aromatic N) is 1. The van der Waals surface area contributed by atoms with Crippen molar-refractivity contribution in [3.63, 3.8) is 0 Å². The molecule has 0 spiro atoms. The predicted molar refractivity (Wildman–Crippen MR) is 59.7 cm³/mol. The Morgan fingerprint density at radius 3 is 2.76 bits per heavy atom. The molecule has 0 saturated carbocycles. The number of carbonyl (C=O) groups is 1. The summed E-state index contributed by atoms with van der Waals surface area (Å²) >= 11 is 0. The van der Waals surface area contributed by atoms with Crippen LogP contribution in [0.25, 0.3) is 0 Å². The average Bonchev–Trinajstić information content (AvgIpc) is 2.38. The van der Waals surface area contributed by atoms with E-state index in [-0.39, 0.29) is 17.2 Å². The third-order valence-corrected chi connectivity index (χ3v) is 2.71. The number of carbonyl (C=O) groups excluding carboxylic acids is 1. The first-order chi connectivity index (χ1) is 8.24. The van der Waals surface area contributed by atoms with Crippen LogP contribution in [0, 0.1) is 5.82 Å². The lowest BCUT2D eigenvalue weighted by atomic mass is 10.1. The van der Waals surface area contributed by atoms with Crippen LogP contribution in [0.3, 0.4) is 0 Å². The Bertz CT molecular complexity index is 416. The molecule has 2 rings (SSSR count). The van der Waals surface area contributed by atoms with Crippen molar-refractivity contribution in [2.75, 3.05) is 33.4 Å². The summed E-state index contributed by atoms with van der Waals surface area (Å²) in [4.78, 5) is 13.7. The number of methoxy groups -OCH3 is 1. The highest BCUT2D eigenvalue weighted by molar-refractivity contribution is 5.97. The highest BCUT2D eigenvalue weighted by atomic mass is 19.1. The first kappa shape index (κ1) is 11.9. The Balaban J connectivity index is 2.29. The number of hydrogen-bond acceptors (Lipinski definition) is 3. The molecular formula is C12H14FNO3. The monoisotopic (exact) mass is 239 g/mol. The maximum Gasteiger partial charge on any atom is 0.260 e. The quantitative estimate of drug-likeness (QED) is 0.781. The van der Waals surface area contributed by atoms with Gasteiger partial charge in [-0.05, 0) is 12.1 Å². The van der Waals surface area contributed by atoms with Crippen molar-refractivity contribution < 1.29 is 18.7 Å². The van der Waals surface area contributed by atoms with Gasteiger partial charge in [-0.25, -0.2) is 4.39 Å². The number of morpholine rings is 1. The molecule has 0 atom stereocenters. The Morgan fingerprint density at radius 2 is 2.12 bits per heavy atom. The summed E-state index contributed by atoms with van der Waals surface area (Å²) in [6, 6.07) is 4.36. The summed E-state index contributed by atoms with van der Waals surface area (Å²) < 4.78 is 23.9. The van der Waals surface area contributed by atoms with Crippen LogP contribution in [0.15, 0.2) is 18.2 Å². The Morgan fingerprint density at radius 1 is 1.41 bits per heavy atom. The van der Waals surface area contributed by atoms with Gasteiger partial charge in [0.2, 0.25) is 0 Å². The smallest absolute Gasteiger partial charge is 0.260 e. The molecule has 1 saturated heterocycles. The van der Waals surface area contributed by atoms with E-state index >= 15 is 0 Å². The van der Waals surface area contributed by atoms with Crippen LogP contribution in [0.2, 0.25) is 0 Å². The van der Waals surface area contributed by atoms with Crippen LogP contribution >= 0.6 is 0 Å². The van der Waals surface area contributed by atoms with Crippen LogP contribution in [0.1, 0.15) is 10.4 Å². The van der Waals surface area contributed by atoms with Crippen molar-refractivity contribution in [1.29, 1.82) is 0 Å². The molecule has 4 nitrogen and oxygen atoms in total. The topological polar surface area (TPSA) is 38.8 Å². The Hall–Kier alpha value is -1.62. The number of halogens is 1. The number of ether oxygens (including phenoxy) is 2. The summed E-state index contributed by atoms with van der Waals surface area (Å²) in [6.07, 6.45) is 0.